The average Bonchev–Trinajstić information content (AvgIpc) is 2.47. The van der Waals surface area contributed by atoms with Crippen molar-refractivity contribution >= 4 is 23.4 Å². The second-order valence-corrected chi connectivity index (χ2v) is 5.34. The van der Waals surface area contributed by atoms with Gasteiger partial charge < -0.3 is 5.32 Å². The lowest BCUT2D eigenvalue weighted by Gasteiger charge is -2.14. The fourth-order valence-electron chi connectivity index (χ4n) is 2.19. The molecule has 0 fully saturated rings. The Kier molecular flexibility index (Phi) is 4.66. The van der Waals surface area contributed by atoms with Crippen LogP contribution >= 0.6 is 11.8 Å². The van der Waals surface area contributed by atoms with Crippen molar-refractivity contribution in [2.45, 2.75) is 18.9 Å². The molecule has 0 saturated heterocycles. The fourth-order valence-corrected chi connectivity index (χ4v) is 2.83. The molecule has 1 N–H and O–H groups in total. The molecule has 3 nitrogen and oxygen atoms in total. The molecule has 0 aliphatic heterocycles. The van der Waals surface area contributed by atoms with Crippen molar-refractivity contribution in [1.82, 2.24) is 4.98 Å². The molecule has 0 aliphatic rings. The molecular formula is C17H16N2OS. The van der Waals surface area contributed by atoms with Gasteiger partial charge in [0, 0.05) is 5.69 Å². The van der Waals surface area contributed by atoms with Gasteiger partial charge in [-0.15, -0.1) is 18.2 Å². The topological polar surface area (TPSA) is 42.0 Å². The van der Waals surface area contributed by atoms with Crippen LogP contribution in [0.25, 0.3) is 0 Å². The lowest BCUT2D eigenvalue weighted by Crippen LogP contribution is -2.17. The van der Waals surface area contributed by atoms with Crippen molar-refractivity contribution in [1.29, 1.82) is 0 Å². The first kappa shape index (κ1) is 15.1. The summed E-state index contributed by atoms with van der Waals surface area (Å²) in [5.41, 5.74) is 3.46. The number of hydrogen-bond acceptors (Lipinski definition) is 3. The number of aromatic nitrogens is 1. The molecule has 0 saturated carbocycles. The highest BCUT2D eigenvalue weighted by Gasteiger charge is 2.18. The van der Waals surface area contributed by atoms with Gasteiger partial charge in [-0.05, 0) is 37.8 Å². The first-order valence-electron chi connectivity index (χ1n) is 6.46. The quantitative estimate of drug-likeness (QED) is 0.694. The summed E-state index contributed by atoms with van der Waals surface area (Å²) in [6.07, 6.45) is 7.49. The zero-order chi connectivity index (χ0) is 15.4. The number of terminal acetylenes is 1. The van der Waals surface area contributed by atoms with Crippen LogP contribution in [0.2, 0.25) is 0 Å². The Hall–Kier alpha value is -2.25. The molecular weight excluding hydrogens is 280 g/mol. The van der Waals surface area contributed by atoms with Crippen molar-refractivity contribution in [2.24, 2.45) is 0 Å². The third-order valence-electron chi connectivity index (χ3n) is 3.19. The first-order chi connectivity index (χ1) is 10.1. The number of carbonyl (C=O) groups is 1. The molecule has 1 aromatic carbocycles. The zero-order valence-corrected chi connectivity index (χ0v) is 13.0. The smallest absolute Gasteiger partial charge is 0.257 e. The molecule has 1 heterocycles. The largest absolute Gasteiger partial charge is 0.322 e. The Labute approximate surface area is 129 Å². The van der Waals surface area contributed by atoms with E-state index in [2.05, 4.69) is 16.2 Å². The molecule has 4 heteroatoms. The number of benzene rings is 1. The second-order valence-electron chi connectivity index (χ2n) is 4.55. The second kappa shape index (κ2) is 6.47. The van der Waals surface area contributed by atoms with Gasteiger partial charge in [0.15, 0.2) is 0 Å². The van der Waals surface area contributed by atoms with Gasteiger partial charge in [-0.25, -0.2) is 4.98 Å². The Morgan fingerprint density at radius 2 is 1.95 bits per heavy atom. The lowest BCUT2D eigenvalue weighted by molar-refractivity contribution is 0.102. The number of thioether (sulfide) groups is 1. The highest BCUT2D eigenvalue weighted by atomic mass is 32.2. The van der Waals surface area contributed by atoms with Crippen LogP contribution in [0.3, 0.4) is 0 Å². The van der Waals surface area contributed by atoms with E-state index in [1.54, 1.807) is 0 Å². The van der Waals surface area contributed by atoms with Gasteiger partial charge in [0.2, 0.25) is 0 Å². The number of hydrogen-bond donors (Lipinski definition) is 1. The standard InChI is InChI=1S/C17H16N2OS/c1-5-14-11(2)15(12(3)18-17(14)21-4)16(20)19-13-9-7-6-8-10-13/h1,6-10H,2-4H3,(H,19,20). The molecule has 0 aliphatic carbocycles. The number of pyridine rings is 1. The van der Waals surface area contributed by atoms with Crippen LogP contribution in [-0.2, 0) is 0 Å². The van der Waals surface area contributed by atoms with Gasteiger partial charge >= 0.3 is 0 Å². The lowest BCUT2D eigenvalue weighted by atomic mass is 10.0. The SMILES string of the molecule is C#Cc1c(SC)nc(C)c(C(=O)Nc2ccccc2)c1C. The van der Waals surface area contributed by atoms with Gasteiger partial charge in [-0.2, -0.15) is 0 Å². The molecule has 0 atom stereocenters. The van der Waals surface area contributed by atoms with Gasteiger partial charge in [0.1, 0.15) is 5.03 Å². The normalized spacial score (nSPS) is 10.0. The van der Waals surface area contributed by atoms with Crippen LogP contribution in [0, 0.1) is 26.2 Å². The molecule has 106 valence electrons. The van der Waals surface area contributed by atoms with Crippen LogP contribution in [0.4, 0.5) is 5.69 Å². The molecule has 0 unspecified atom stereocenters. The Morgan fingerprint density at radius 1 is 1.29 bits per heavy atom. The first-order valence-corrected chi connectivity index (χ1v) is 7.69. The van der Waals surface area contributed by atoms with E-state index >= 15 is 0 Å². The predicted molar refractivity (Wildman–Crippen MR) is 87.8 cm³/mol. The van der Waals surface area contributed by atoms with Gasteiger partial charge in [-0.1, -0.05) is 24.1 Å². The summed E-state index contributed by atoms with van der Waals surface area (Å²) in [5, 5.41) is 3.66. The number of carbonyl (C=O) groups excluding carboxylic acids is 1. The molecule has 0 radical (unpaired) electrons. The van der Waals surface area contributed by atoms with Crippen LogP contribution in [-0.4, -0.2) is 17.1 Å². The van der Waals surface area contributed by atoms with Crippen molar-refractivity contribution < 1.29 is 4.79 Å². The summed E-state index contributed by atoms with van der Waals surface area (Å²) >= 11 is 1.49. The van der Waals surface area contributed by atoms with Crippen molar-refractivity contribution in [3.63, 3.8) is 0 Å². The van der Waals surface area contributed by atoms with E-state index < -0.39 is 0 Å². The van der Waals surface area contributed by atoms with Gasteiger partial charge in [-0.3, -0.25) is 4.79 Å². The molecule has 0 bridgehead atoms. The number of para-hydroxylation sites is 1. The molecule has 1 aromatic heterocycles. The van der Waals surface area contributed by atoms with Gasteiger partial charge in [0.25, 0.3) is 5.91 Å². The number of anilines is 1. The summed E-state index contributed by atoms with van der Waals surface area (Å²) in [5.74, 6) is 2.45. The average molecular weight is 296 g/mol. The minimum absolute atomic E-state index is 0.187. The molecule has 2 aromatic rings. The number of nitrogens with one attached hydrogen (secondary N) is 1. The summed E-state index contributed by atoms with van der Waals surface area (Å²) in [7, 11) is 0. The molecule has 2 rings (SSSR count). The Balaban J connectivity index is 2.45. The van der Waals surface area contributed by atoms with E-state index in [4.69, 9.17) is 6.42 Å². The minimum Gasteiger partial charge on any atom is -0.322 e. The Bertz CT molecular complexity index is 718. The van der Waals surface area contributed by atoms with E-state index in [0.717, 1.165) is 16.3 Å². The number of amides is 1. The van der Waals surface area contributed by atoms with Crippen molar-refractivity contribution in [3.05, 3.63) is 52.7 Å². The van der Waals surface area contributed by atoms with E-state index in [-0.39, 0.29) is 5.91 Å². The van der Waals surface area contributed by atoms with Crippen LogP contribution in [0.15, 0.2) is 35.4 Å². The molecule has 21 heavy (non-hydrogen) atoms. The van der Waals surface area contributed by atoms with E-state index in [9.17, 15) is 4.79 Å². The predicted octanol–water partition coefficient (Wildman–Crippen LogP) is 3.65. The number of nitrogens with zero attached hydrogens (tertiary/aromatic N) is 1. The highest BCUT2D eigenvalue weighted by molar-refractivity contribution is 7.98. The molecule has 1 amide bonds. The third kappa shape index (κ3) is 3.09. The third-order valence-corrected chi connectivity index (χ3v) is 3.87. The summed E-state index contributed by atoms with van der Waals surface area (Å²) < 4.78 is 0. The number of aryl methyl sites for hydroxylation is 1. The van der Waals surface area contributed by atoms with Crippen molar-refractivity contribution in [2.75, 3.05) is 11.6 Å². The highest BCUT2D eigenvalue weighted by Crippen LogP contribution is 2.25. The summed E-state index contributed by atoms with van der Waals surface area (Å²) in [6, 6.07) is 9.33. The van der Waals surface area contributed by atoms with Crippen LogP contribution in [0.5, 0.6) is 0 Å². The maximum Gasteiger partial charge on any atom is 0.257 e. The monoisotopic (exact) mass is 296 g/mol. The van der Waals surface area contributed by atoms with Crippen molar-refractivity contribution in [3.8, 4) is 12.3 Å². The fraction of sp³-hybridized carbons (Fsp3) is 0.176. The maximum absolute atomic E-state index is 12.5. The minimum atomic E-state index is -0.187. The maximum atomic E-state index is 12.5. The van der Waals surface area contributed by atoms with E-state index in [0.29, 0.717) is 16.8 Å². The summed E-state index contributed by atoms with van der Waals surface area (Å²) in [6.45, 7) is 3.69. The Morgan fingerprint density at radius 3 is 2.52 bits per heavy atom. The van der Waals surface area contributed by atoms with Crippen LogP contribution < -0.4 is 5.32 Å². The van der Waals surface area contributed by atoms with E-state index in [1.807, 2.05) is 50.4 Å². The van der Waals surface area contributed by atoms with E-state index in [1.165, 1.54) is 11.8 Å². The van der Waals surface area contributed by atoms with Gasteiger partial charge in [0.05, 0.1) is 16.8 Å². The number of rotatable bonds is 3. The molecule has 0 spiro atoms. The zero-order valence-electron chi connectivity index (χ0n) is 12.2. The van der Waals surface area contributed by atoms with Crippen LogP contribution in [0.1, 0.15) is 27.2 Å². The summed E-state index contributed by atoms with van der Waals surface area (Å²) in [4.78, 5) is 16.9.